The summed E-state index contributed by atoms with van der Waals surface area (Å²) in [6.07, 6.45) is 1.07. The van der Waals surface area contributed by atoms with Crippen LogP contribution in [0.2, 0.25) is 0 Å². The number of rotatable bonds is 5. The third-order valence-electron chi connectivity index (χ3n) is 6.68. The highest BCUT2D eigenvalue weighted by Gasteiger charge is 2.48. The number of hydrogen-bond donors (Lipinski definition) is 1. The predicted octanol–water partition coefficient (Wildman–Crippen LogP) is 5.21. The number of carbonyl (C=O) groups excluding carboxylic acids is 1. The van der Waals surface area contributed by atoms with E-state index in [1.807, 2.05) is 92.0 Å². The molecule has 1 aliphatic heterocycles. The first kappa shape index (κ1) is 23.9. The minimum atomic E-state index is -0.784. The highest BCUT2D eigenvalue weighted by atomic mass is 32.2. The third-order valence-corrected chi connectivity index (χ3v) is 7.25. The number of anilines is 1. The number of benzene rings is 4. The van der Waals surface area contributed by atoms with Gasteiger partial charge in [0.25, 0.3) is 12.1 Å². The quantitative estimate of drug-likeness (QED) is 0.254. The van der Waals surface area contributed by atoms with Crippen LogP contribution in [-0.2, 0) is 0 Å². The monoisotopic (exact) mass is 521 g/mol. The molecule has 38 heavy (non-hydrogen) atoms. The van der Waals surface area contributed by atoms with E-state index in [0.29, 0.717) is 40.0 Å². The van der Waals surface area contributed by atoms with Gasteiger partial charge in [0.05, 0.1) is 23.4 Å². The summed E-state index contributed by atoms with van der Waals surface area (Å²) in [5, 5.41) is 7.22. The van der Waals surface area contributed by atoms with E-state index in [4.69, 9.17) is 9.84 Å². The summed E-state index contributed by atoms with van der Waals surface area (Å²) in [6.45, 7) is 2.37. The zero-order valence-corrected chi connectivity index (χ0v) is 21.7. The maximum Gasteiger partial charge on any atom is 0.325 e. The van der Waals surface area contributed by atoms with Crippen LogP contribution in [0.4, 0.5) is 5.69 Å². The molecular formula is C30H25N4O3S+. The molecule has 2 heterocycles. The van der Waals surface area contributed by atoms with Gasteiger partial charge in [0.15, 0.2) is 0 Å². The summed E-state index contributed by atoms with van der Waals surface area (Å²) in [5.41, 5.74) is 2.67. The Morgan fingerprint density at radius 2 is 1.74 bits per heavy atom. The number of nitrogens with one attached hydrogen (secondary N) is 1. The van der Waals surface area contributed by atoms with Gasteiger partial charge in [0.1, 0.15) is 5.75 Å². The minimum absolute atomic E-state index is 0.204. The van der Waals surface area contributed by atoms with E-state index in [1.165, 1.54) is 11.8 Å². The fourth-order valence-corrected chi connectivity index (χ4v) is 5.45. The third kappa shape index (κ3) is 3.85. The van der Waals surface area contributed by atoms with Gasteiger partial charge >= 0.3 is 11.3 Å². The van der Waals surface area contributed by atoms with Crippen molar-refractivity contribution in [1.29, 1.82) is 0 Å². The molecule has 8 heteroatoms. The maximum atomic E-state index is 14.4. The van der Waals surface area contributed by atoms with Gasteiger partial charge in [-0.2, -0.15) is 0 Å². The molecule has 188 valence electrons. The fourth-order valence-electron chi connectivity index (χ4n) is 5.09. The lowest BCUT2D eigenvalue weighted by Crippen LogP contribution is -2.61. The Balaban J connectivity index is 1.75. The molecule has 0 aliphatic carbocycles. The molecule has 0 radical (unpaired) electrons. The molecule has 0 fully saturated rings. The van der Waals surface area contributed by atoms with Gasteiger partial charge in [-0.1, -0.05) is 72.4 Å². The molecule has 5 aromatic rings. The normalized spacial score (nSPS) is 14.2. The second kappa shape index (κ2) is 9.79. The van der Waals surface area contributed by atoms with Crippen molar-refractivity contribution in [1.82, 2.24) is 10.1 Å². The van der Waals surface area contributed by atoms with Crippen LogP contribution in [-0.4, -0.2) is 28.9 Å². The van der Waals surface area contributed by atoms with Crippen LogP contribution in [0.3, 0.4) is 0 Å². The number of fused-ring (bicyclic) bond motifs is 4. The smallest absolute Gasteiger partial charge is 0.325 e. The zero-order chi connectivity index (χ0) is 26.2. The van der Waals surface area contributed by atoms with Crippen LogP contribution in [0.1, 0.15) is 29.0 Å². The first-order valence-corrected chi connectivity index (χ1v) is 13.6. The summed E-state index contributed by atoms with van der Waals surface area (Å²) < 4.78 is 7.83. The minimum Gasteiger partial charge on any atom is -0.493 e. The lowest BCUT2D eigenvalue weighted by Gasteiger charge is -2.33. The van der Waals surface area contributed by atoms with Gasteiger partial charge in [-0.05, 0) is 59.0 Å². The van der Waals surface area contributed by atoms with Crippen LogP contribution in [0.5, 0.6) is 5.75 Å². The predicted molar refractivity (Wildman–Crippen MR) is 149 cm³/mol. The molecule has 1 amide bonds. The second-order valence-corrected chi connectivity index (χ2v) is 9.62. The molecule has 1 atom stereocenters. The van der Waals surface area contributed by atoms with Gasteiger partial charge in [-0.25, -0.2) is 4.90 Å². The van der Waals surface area contributed by atoms with Crippen molar-refractivity contribution >= 4 is 34.1 Å². The second-order valence-electron chi connectivity index (χ2n) is 8.82. The van der Waals surface area contributed by atoms with Crippen LogP contribution in [0, 0.1) is 0 Å². The molecule has 1 aromatic heterocycles. The standard InChI is InChI=1S/C30H24N4O3S/c1-3-37-24-18-17-19-11-7-8-14-21(19)25(24)28-33(29(36)20-12-5-4-6-13-20)23-16-10-9-15-22(23)26-27(35)31-30(38-2)32-34(26)28/h4-18,28H,3H2,1-2H3/p+1/t28-/m1/s1. The molecule has 0 bridgehead atoms. The molecule has 0 saturated heterocycles. The van der Waals surface area contributed by atoms with Crippen molar-refractivity contribution in [3.8, 4) is 17.0 Å². The Morgan fingerprint density at radius 1 is 1.00 bits per heavy atom. The summed E-state index contributed by atoms with van der Waals surface area (Å²) in [6, 6.07) is 28.6. The molecule has 0 saturated carbocycles. The first-order valence-electron chi connectivity index (χ1n) is 12.3. The molecule has 6 rings (SSSR count). The van der Waals surface area contributed by atoms with Crippen molar-refractivity contribution in [3.05, 3.63) is 112 Å². The van der Waals surface area contributed by atoms with E-state index in [2.05, 4.69) is 4.98 Å². The van der Waals surface area contributed by atoms with E-state index in [-0.39, 0.29) is 11.5 Å². The van der Waals surface area contributed by atoms with Crippen molar-refractivity contribution in [2.45, 2.75) is 18.2 Å². The number of carbonyl (C=O) groups is 1. The largest absolute Gasteiger partial charge is 0.493 e. The Bertz CT molecular complexity index is 1740. The molecule has 1 N–H and O–H groups in total. The lowest BCUT2D eigenvalue weighted by molar-refractivity contribution is -0.762. The van der Waals surface area contributed by atoms with Crippen molar-refractivity contribution in [3.63, 3.8) is 0 Å². The van der Waals surface area contributed by atoms with Crippen LogP contribution >= 0.6 is 11.8 Å². The number of nitrogens with zero attached hydrogens (tertiary/aromatic N) is 3. The van der Waals surface area contributed by atoms with Gasteiger partial charge in [-0.15, -0.1) is 0 Å². The average molecular weight is 522 g/mol. The lowest BCUT2D eigenvalue weighted by atomic mass is 9.96. The molecule has 1 aliphatic rings. The van der Waals surface area contributed by atoms with Crippen molar-refractivity contribution < 1.29 is 14.2 Å². The van der Waals surface area contributed by atoms with Gasteiger partial charge in [0.2, 0.25) is 5.16 Å². The number of aromatic amines is 1. The Hall–Kier alpha value is -4.43. The number of H-pyrrole nitrogens is 1. The van der Waals surface area contributed by atoms with E-state index in [1.54, 1.807) is 21.7 Å². The topological polar surface area (TPSA) is 79.2 Å². The molecule has 4 aromatic carbocycles. The zero-order valence-electron chi connectivity index (χ0n) is 20.9. The summed E-state index contributed by atoms with van der Waals surface area (Å²) >= 11 is 1.34. The molecular weight excluding hydrogens is 496 g/mol. The van der Waals surface area contributed by atoms with E-state index < -0.39 is 6.17 Å². The summed E-state index contributed by atoms with van der Waals surface area (Å²) in [5.74, 6) is 0.428. The highest BCUT2D eigenvalue weighted by molar-refractivity contribution is 7.98. The van der Waals surface area contributed by atoms with Crippen molar-refractivity contribution in [2.24, 2.45) is 0 Å². The SMILES string of the molecule is CCOc1ccc2ccccc2c1[C@@H]1N(C(=O)c2ccccc2)c2ccccc2-c2c(=O)[nH]c(SC)n[n+]21. The number of aromatic nitrogens is 3. The van der Waals surface area contributed by atoms with E-state index in [9.17, 15) is 9.59 Å². The number of para-hydroxylation sites is 1. The Kier molecular flexibility index (Phi) is 6.17. The fraction of sp³-hybridized carbons (Fsp3) is 0.133. The van der Waals surface area contributed by atoms with Gasteiger partial charge in [-0.3, -0.25) is 14.6 Å². The number of amides is 1. The first-order chi connectivity index (χ1) is 18.6. The van der Waals surface area contributed by atoms with E-state index >= 15 is 0 Å². The molecule has 7 nitrogen and oxygen atoms in total. The molecule has 0 spiro atoms. The highest BCUT2D eigenvalue weighted by Crippen LogP contribution is 2.42. The average Bonchev–Trinajstić information content (AvgIpc) is 2.96. The number of hydrogen-bond acceptors (Lipinski definition) is 5. The van der Waals surface area contributed by atoms with Gasteiger partial charge in [0, 0.05) is 10.7 Å². The summed E-state index contributed by atoms with van der Waals surface area (Å²) in [7, 11) is 0. The van der Waals surface area contributed by atoms with Crippen LogP contribution in [0.25, 0.3) is 22.0 Å². The Morgan fingerprint density at radius 3 is 2.53 bits per heavy atom. The summed E-state index contributed by atoms with van der Waals surface area (Å²) in [4.78, 5) is 32.5. The van der Waals surface area contributed by atoms with Gasteiger partial charge < -0.3 is 4.74 Å². The van der Waals surface area contributed by atoms with Crippen LogP contribution < -0.4 is 19.9 Å². The van der Waals surface area contributed by atoms with Crippen molar-refractivity contribution in [2.75, 3.05) is 17.8 Å². The maximum absolute atomic E-state index is 14.4. The van der Waals surface area contributed by atoms with Crippen LogP contribution in [0.15, 0.2) is 101 Å². The number of thioether (sulfide) groups is 1. The van der Waals surface area contributed by atoms with E-state index in [0.717, 1.165) is 16.3 Å². The molecule has 0 unspecified atom stereocenters. The number of ether oxygens (including phenoxy) is 1. The Labute approximate surface area is 223 Å².